The first-order chi connectivity index (χ1) is 18.0. The fraction of sp³-hybridized carbons (Fsp3) is 0.594. The molecule has 6 nitrogen and oxygen atoms in total. The molecule has 0 unspecified atom stereocenters. The molecule has 0 aliphatic carbocycles. The zero-order chi connectivity index (χ0) is 27.1. The van der Waals surface area contributed by atoms with Crippen LogP contribution in [0.1, 0.15) is 73.8 Å². The molecule has 3 fully saturated rings. The van der Waals surface area contributed by atoms with Crippen LogP contribution in [0.4, 0.5) is 4.79 Å². The smallest absolute Gasteiger partial charge is 0.410 e. The van der Waals surface area contributed by atoms with E-state index in [2.05, 4.69) is 56.0 Å². The van der Waals surface area contributed by atoms with Crippen molar-refractivity contribution in [3.63, 3.8) is 0 Å². The zero-order valence-electron chi connectivity index (χ0n) is 24.0. The van der Waals surface area contributed by atoms with Gasteiger partial charge in [0.2, 0.25) is 0 Å². The van der Waals surface area contributed by atoms with Crippen LogP contribution in [0.5, 0.6) is 5.75 Å². The van der Waals surface area contributed by atoms with E-state index in [1.54, 1.807) is 4.90 Å². The van der Waals surface area contributed by atoms with Crippen molar-refractivity contribution >= 4 is 6.09 Å². The summed E-state index contributed by atoms with van der Waals surface area (Å²) in [4.78, 5) is 16.8. The molecule has 2 aromatic rings. The van der Waals surface area contributed by atoms with Crippen LogP contribution in [0.25, 0.3) is 0 Å². The van der Waals surface area contributed by atoms with E-state index < -0.39 is 5.60 Å². The van der Waals surface area contributed by atoms with Gasteiger partial charge in [0.05, 0.1) is 19.7 Å². The number of amides is 1. The van der Waals surface area contributed by atoms with Gasteiger partial charge in [-0.3, -0.25) is 4.90 Å². The van der Waals surface area contributed by atoms with Crippen LogP contribution < -0.4 is 4.74 Å². The third-order valence-electron chi connectivity index (χ3n) is 8.64. The Morgan fingerprint density at radius 3 is 2.39 bits per heavy atom. The van der Waals surface area contributed by atoms with E-state index in [1.165, 1.54) is 27.8 Å². The van der Waals surface area contributed by atoms with Gasteiger partial charge in [-0.1, -0.05) is 36.4 Å². The van der Waals surface area contributed by atoms with Crippen LogP contribution in [0.2, 0.25) is 0 Å². The second-order valence-corrected chi connectivity index (χ2v) is 12.6. The van der Waals surface area contributed by atoms with E-state index in [1.807, 2.05) is 26.8 Å². The lowest BCUT2D eigenvalue weighted by atomic mass is 9.84. The van der Waals surface area contributed by atoms with Crippen LogP contribution in [0, 0.1) is 20.8 Å². The Morgan fingerprint density at radius 1 is 1.05 bits per heavy atom. The molecule has 0 N–H and O–H groups in total. The Balaban J connectivity index is 1.19. The molecular formula is C32H44N2O4. The summed E-state index contributed by atoms with van der Waals surface area (Å²) in [5.74, 6) is 1.58. The molecule has 2 aromatic carbocycles. The highest BCUT2D eigenvalue weighted by molar-refractivity contribution is 5.69. The second-order valence-electron chi connectivity index (χ2n) is 12.6. The molecule has 1 atom stereocenters. The first-order valence-corrected chi connectivity index (χ1v) is 14.2. The van der Waals surface area contributed by atoms with Gasteiger partial charge in [0, 0.05) is 6.04 Å². The molecule has 3 saturated heterocycles. The molecule has 0 aromatic heterocycles. The number of likely N-dealkylation sites (tertiary alicyclic amines) is 2. The highest BCUT2D eigenvalue weighted by Crippen LogP contribution is 2.42. The second kappa shape index (κ2) is 10.5. The number of hydrogen-bond donors (Lipinski definition) is 0. The summed E-state index contributed by atoms with van der Waals surface area (Å²) >= 11 is 0. The van der Waals surface area contributed by atoms with Gasteiger partial charge in [0.15, 0.2) is 0 Å². The standard InChI is InChI=1S/C32H44N2O4/c1-22-16-28(29(24(3)23(22)2)36-18-25-10-8-7-9-11-25)26-12-14-33(15-13-26)27-17-32(37-19-27)20-34(21-32)30(35)38-31(4,5)6/h7-11,16,26-27H,12-15,17-21H2,1-6H3/t27-/m0/s1. The minimum absolute atomic E-state index is 0.192. The van der Waals surface area contributed by atoms with Crippen LogP contribution >= 0.6 is 0 Å². The van der Waals surface area contributed by atoms with Gasteiger partial charge in [-0.2, -0.15) is 0 Å². The summed E-state index contributed by atoms with van der Waals surface area (Å²) in [6.07, 6.45) is 3.00. The maximum absolute atomic E-state index is 12.4. The number of piperidine rings is 1. The van der Waals surface area contributed by atoms with Gasteiger partial charge in [-0.25, -0.2) is 4.79 Å². The summed E-state index contributed by atoms with van der Waals surface area (Å²) < 4.78 is 18.3. The predicted molar refractivity (Wildman–Crippen MR) is 150 cm³/mol. The van der Waals surface area contributed by atoms with Crippen molar-refractivity contribution in [3.05, 3.63) is 64.2 Å². The summed E-state index contributed by atoms with van der Waals surface area (Å²) in [7, 11) is 0. The molecule has 6 heteroatoms. The van der Waals surface area contributed by atoms with Gasteiger partial charge < -0.3 is 19.1 Å². The number of aryl methyl sites for hydroxylation is 1. The fourth-order valence-electron chi connectivity index (χ4n) is 6.27. The average Bonchev–Trinajstić information content (AvgIpc) is 3.31. The SMILES string of the molecule is Cc1cc(C2CCN([C@@H]3COC4(C3)CN(C(=O)OC(C)(C)C)C4)CC2)c(OCc2ccccc2)c(C)c1C. The summed E-state index contributed by atoms with van der Waals surface area (Å²) in [6, 6.07) is 13.2. The molecule has 3 heterocycles. The topological polar surface area (TPSA) is 51.2 Å². The molecule has 1 spiro atoms. The first-order valence-electron chi connectivity index (χ1n) is 14.2. The number of hydrogen-bond acceptors (Lipinski definition) is 5. The number of carbonyl (C=O) groups excluding carboxylic acids is 1. The van der Waals surface area contributed by atoms with Gasteiger partial charge in [0.25, 0.3) is 0 Å². The monoisotopic (exact) mass is 520 g/mol. The highest BCUT2D eigenvalue weighted by atomic mass is 16.6. The summed E-state index contributed by atoms with van der Waals surface area (Å²) in [6.45, 7) is 17.1. The number of benzene rings is 2. The van der Waals surface area contributed by atoms with Crippen LogP contribution in [-0.2, 0) is 16.1 Å². The molecule has 1 amide bonds. The lowest BCUT2D eigenvalue weighted by molar-refractivity contribution is -0.109. The van der Waals surface area contributed by atoms with Crippen molar-refractivity contribution in [1.29, 1.82) is 0 Å². The van der Waals surface area contributed by atoms with Crippen LogP contribution in [0.3, 0.4) is 0 Å². The highest BCUT2D eigenvalue weighted by Gasteiger charge is 2.53. The van der Waals surface area contributed by atoms with E-state index in [4.69, 9.17) is 14.2 Å². The first kappa shape index (κ1) is 27.0. The molecule has 0 bridgehead atoms. The molecule has 0 saturated carbocycles. The quantitative estimate of drug-likeness (QED) is 0.473. The van der Waals surface area contributed by atoms with Gasteiger partial charge in [0.1, 0.15) is 23.6 Å². The lowest BCUT2D eigenvalue weighted by Gasteiger charge is -2.47. The maximum Gasteiger partial charge on any atom is 0.410 e. The minimum atomic E-state index is -0.468. The zero-order valence-corrected chi connectivity index (χ0v) is 24.0. The van der Waals surface area contributed by atoms with E-state index in [-0.39, 0.29) is 11.7 Å². The van der Waals surface area contributed by atoms with E-state index >= 15 is 0 Å². The third kappa shape index (κ3) is 5.72. The third-order valence-corrected chi connectivity index (χ3v) is 8.64. The van der Waals surface area contributed by atoms with E-state index in [0.29, 0.717) is 31.7 Å². The average molecular weight is 521 g/mol. The molecular weight excluding hydrogens is 476 g/mol. The Bertz CT molecular complexity index is 1140. The van der Waals surface area contributed by atoms with Crippen molar-refractivity contribution in [2.45, 2.75) is 90.6 Å². The van der Waals surface area contributed by atoms with Crippen molar-refractivity contribution in [2.24, 2.45) is 0 Å². The van der Waals surface area contributed by atoms with Crippen molar-refractivity contribution in [3.8, 4) is 5.75 Å². The maximum atomic E-state index is 12.4. The largest absolute Gasteiger partial charge is 0.488 e. The van der Waals surface area contributed by atoms with Gasteiger partial charge >= 0.3 is 6.09 Å². The molecule has 3 aliphatic rings. The van der Waals surface area contributed by atoms with Crippen molar-refractivity contribution < 1.29 is 19.0 Å². The molecule has 5 rings (SSSR count). The molecule has 0 radical (unpaired) electrons. The number of nitrogens with zero attached hydrogens (tertiary/aromatic N) is 2. The van der Waals surface area contributed by atoms with Crippen molar-refractivity contribution in [2.75, 3.05) is 32.8 Å². The van der Waals surface area contributed by atoms with Gasteiger partial charge in [-0.05, 0) is 108 Å². The summed E-state index contributed by atoms with van der Waals surface area (Å²) in [5.41, 5.74) is 5.84. The minimum Gasteiger partial charge on any atom is -0.488 e. The predicted octanol–water partition coefficient (Wildman–Crippen LogP) is 6.15. The number of ether oxygens (including phenoxy) is 3. The van der Waals surface area contributed by atoms with Gasteiger partial charge in [-0.15, -0.1) is 0 Å². The van der Waals surface area contributed by atoms with Crippen LogP contribution in [0.15, 0.2) is 36.4 Å². The van der Waals surface area contributed by atoms with Crippen molar-refractivity contribution in [1.82, 2.24) is 9.80 Å². The van der Waals surface area contributed by atoms with E-state index in [9.17, 15) is 4.79 Å². The number of carbonyl (C=O) groups is 1. The van der Waals surface area contributed by atoms with E-state index in [0.717, 1.165) is 44.7 Å². The van der Waals surface area contributed by atoms with Crippen LogP contribution in [-0.4, -0.2) is 65.9 Å². The Hall–Kier alpha value is -2.57. The summed E-state index contributed by atoms with van der Waals surface area (Å²) in [5, 5.41) is 0. The normalized spacial score (nSPS) is 21.9. The lowest BCUT2D eigenvalue weighted by Crippen LogP contribution is -2.64. The fourth-order valence-corrected chi connectivity index (χ4v) is 6.27. The molecule has 38 heavy (non-hydrogen) atoms. The Labute approximate surface area is 228 Å². The Morgan fingerprint density at radius 2 is 1.74 bits per heavy atom. The number of rotatable bonds is 5. The molecule has 3 aliphatic heterocycles. The molecule has 206 valence electrons. The Kier molecular flexibility index (Phi) is 7.49.